The number of nitrogens with zero attached hydrogens (tertiary/aromatic N) is 1. The van der Waals surface area contributed by atoms with E-state index in [-0.39, 0.29) is 36.1 Å². The Balaban J connectivity index is 0.00000156. The molecule has 1 aliphatic heterocycles. The third kappa shape index (κ3) is 5.89. The van der Waals surface area contributed by atoms with Gasteiger partial charge in [0, 0.05) is 35.3 Å². The summed E-state index contributed by atoms with van der Waals surface area (Å²) in [5.74, 6) is 0.988. The predicted molar refractivity (Wildman–Crippen MR) is 109 cm³/mol. The first-order valence-corrected chi connectivity index (χ1v) is 8.78. The van der Waals surface area contributed by atoms with Crippen molar-refractivity contribution in [2.24, 2.45) is 5.41 Å². The standard InChI is InChI=1S/C18H21N3OS.2ClH/c1-18(8-10-20-13-18)17(22)21-15-4-6-16(7-5-15)23-12-14-3-2-9-19-11-14;;/h2-7,9,11,20H,8,10,12-13H2,1H3,(H,21,22);2*1H. The topological polar surface area (TPSA) is 54.0 Å². The number of amides is 1. The molecule has 4 nitrogen and oxygen atoms in total. The molecule has 0 spiro atoms. The van der Waals surface area contributed by atoms with E-state index in [1.54, 1.807) is 18.0 Å². The number of carbonyl (C=O) groups excluding carboxylic acids is 1. The minimum atomic E-state index is -0.298. The number of hydrogen-bond acceptors (Lipinski definition) is 4. The van der Waals surface area contributed by atoms with Gasteiger partial charge in [-0.3, -0.25) is 9.78 Å². The molecule has 1 amide bonds. The number of anilines is 1. The first kappa shape index (κ1) is 21.8. The average molecular weight is 400 g/mol. The van der Waals surface area contributed by atoms with Crippen LogP contribution < -0.4 is 10.6 Å². The van der Waals surface area contributed by atoms with Crippen LogP contribution in [0.15, 0.2) is 53.7 Å². The molecule has 1 unspecified atom stereocenters. The summed E-state index contributed by atoms with van der Waals surface area (Å²) in [5.41, 5.74) is 1.76. The predicted octanol–water partition coefficient (Wildman–Crippen LogP) is 4.16. The van der Waals surface area contributed by atoms with E-state index in [9.17, 15) is 4.79 Å². The highest BCUT2D eigenvalue weighted by Gasteiger charge is 2.36. The Kier molecular flexibility index (Phi) is 8.73. The molecular weight excluding hydrogens is 377 g/mol. The van der Waals surface area contributed by atoms with Crippen molar-refractivity contribution in [1.82, 2.24) is 10.3 Å². The van der Waals surface area contributed by atoms with Gasteiger partial charge < -0.3 is 10.6 Å². The lowest BCUT2D eigenvalue weighted by Gasteiger charge is -2.21. The van der Waals surface area contributed by atoms with Gasteiger partial charge >= 0.3 is 0 Å². The molecule has 3 rings (SSSR count). The summed E-state index contributed by atoms with van der Waals surface area (Å²) >= 11 is 1.76. The summed E-state index contributed by atoms with van der Waals surface area (Å²) in [6.07, 6.45) is 4.56. The van der Waals surface area contributed by atoms with Crippen molar-refractivity contribution in [2.45, 2.75) is 24.0 Å². The van der Waals surface area contributed by atoms with Gasteiger partial charge in [-0.15, -0.1) is 36.6 Å². The van der Waals surface area contributed by atoms with E-state index in [4.69, 9.17) is 0 Å². The second-order valence-electron chi connectivity index (χ2n) is 6.12. The van der Waals surface area contributed by atoms with Crippen LogP contribution in [-0.4, -0.2) is 24.0 Å². The van der Waals surface area contributed by atoms with Gasteiger partial charge in [-0.25, -0.2) is 0 Å². The minimum absolute atomic E-state index is 0. The molecule has 0 aliphatic carbocycles. The molecule has 1 aromatic carbocycles. The minimum Gasteiger partial charge on any atom is -0.326 e. The van der Waals surface area contributed by atoms with Gasteiger partial charge in [0.2, 0.25) is 5.91 Å². The molecule has 25 heavy (non-hydrogen) atoms. The molecular formula is C18H23Cl2N3OS. The Morgan fingerprint density at radius 1 is 1.28 bits per heavy atom. The van der Waals surface area contributed by atoms with E-state index >= 15 is 0 Å². The van der Waals surface area contributed by atoms with Crippen molar-refractivity contribution in [2.75, 3.05) is 18.4 Å². The van der Waals surface area contributed by atoms with Crippen molar-refractivity contribution in [3.8, 4) is 0 Å². The Bertz CT molecular complexity index is 662. The van der Waals surface area contributed by atoms with Crippen LogP contribution in [0.2, 0.25) is 0 Å². The fourth-order valence-corrected chi connectivity index (χ4v) is 3.41. The first-order valence-electron chi connectivity index (χ1n) is 7.80. The molecule has 2 aromatic rings. The number of aromatic nitrogens is 1. The Morgan fingerprint density at radius 3 is 2.64 bits per heavy atom. The SMILES string of the molecule is CC1(C(=O)Nc2ccc(SCc3cccnc3)cc2)CCNC1.Cl.Cl. The van der Waals surface area contributed by atoms with Crippen LogP contribution in [0.4, 0.5) is 5.69 Å². The maximum Gasteiger partial charge on any atom is 0.231 e. The number of hydrogen-bond donors (Lipinski definition) is 2. The zero-order valence-electron chi connectivity index (χ0n) is 14.0. The second-order valence-corrected chi connectivity index (χ2v) is 7.16. The molecule has 1 aliphatic rings. The smallest absolute Gasteiger partial charge is 0.231 e. The Morgan fingerprint density at radius 2 is 2.04 bits per heavy atom. The van der Waals surface area contributed by atoms with E-state index in [1.807, 2.05) is 43.5 Å². The summed E-state index contributed by atoms with van der Waals surface area (Å²) in [6.45, 7) is 3.67. The van der Waals surface area contributed by atoms with Crippen LogP contribution >= 0.6 is 36.6 Å². The summed E-state index contributed by atoms with van der Waals surface area (Å²) in [6, 6.07) is 12.1. The van der Waals surface area contributed by atoms with E-state index in [0.29, 0.717) is 0 Å². The van der Waals surface area contributed by atoms with Crippen molar-refractivity contribution in [3.63, 3.8) is 0 Å². The van der Waals surface area contributed by atoms with Crippen LogP contribution in [0.25, 0.3) is 0 Å². The molecule has 1 fully saturated rings. The average Bonchev–Trinajstić information content (AvgIpc) is 3.03. The van der Waals surface area contributed by atoms with Gasteiger partial charge in [0.1, 0.15) is 0 Å². The van der Waals surface area contributed by atoms with Crippen LogP contribution in [0, 0.1) is 5.41 Å². The number of pyridine rings is 1. The van der Waals surface area contributed by atoms with Gasteiger partial charge in [-0.2, -0.15) is 0 Å². The molecule has 1 saturated heterocycles. The third-order valence-corrected chi connectivity index (χ3v) is 5.24. The number of thioether (sulfide) groups is 1. The van der Waals surface area contributed by atoms with Crippen molar-refractivity contribution < 1.29 is 4.79 Å². The second kappa shape index (κ2) is 10.0. The van der Waals surface area contributed by atoms with E-state index in [2.05, 4.69) is 21.7 Å². The zero-order chi connectivity index (χ0) is 16.1. The van der Waals surface area contributed by atoms with Crippen LogP contribution in [0.5, 0.6) is 0 Å². The van der Waals surface area contributed by atoms with Crippen LogP contribution in [0.3, 0.4) is 0 Å². The molecule has 0 saturated carbocycles. The number of halogens is 2. The molecule has 7 heteroatoms. The highest BCUT2D eigenvalue weighted by molar-refractivity contribution is 7.98. The summed E-state index contributed by atoms with van der Waals surface area (Å²) in [7, 11) is 0. The molecule has 1 aromatic heterocycles. The number of nitrogens with one attached hydrogen (secondary N) is 2. The lowest BCUT2D eigenvalue weighted by molar-refractivity contribution is -0.123. The van der Waals surface area contributed by atoms with Crippen molar-refractivity contribution in [3.05, 3.63) is 54.4 Å². The summed E-state index contributed by atoms with van der Waals surface area (Å²) in [4.78, 5) is 17.7. The number of rotatable bonds is 5. The fraction of sp³-hybridized carbons (Fsp3) is 0.333. The van der Waals surface area contributed by atoms with E-state index < -0.39 is 0 Å². The normalized spacial score (nSPS) is 18.8. The molecule has 2 heterocycles. The largest absolute Gasteiger partial charge is 0.326 e. The lowest BCUT2D eigenvalue weighted by Crippen LogP contribution is -2.35. The molecule has 1 atom stereocenters. The highest BCUT2D eigenvalue weighted by Crippen LogP contribution is 2.28. The lowest BCUT2D eigenvalue weighted by atomic mass is 9.89. The zero-order valence-corrected chi connectivity index (χ0v) is 16.5. The van der Waals surface area contributed by atoms with E-state index in [0.717, 1.165) is 31.0 Å². The van der Waals surface area contributed by atoms with Gasteiger partial charge in [0.05, 0.1) is 5.41 Å². The summed E-state index contributed by atoms with van der Waals surface area (Å²) in [5, 5.41) is 6.28. The highest BCUT2D eigenvalue weighted by atomic mass is 35.5. The number of benzene rings is 1. The van der Waals surface area contributed by atoms with Crippen molar-refractivity contribution >= 4 is 48.2 Å². The van der Waals surface area contributed by atoms with Crippen LogP contribution in [0.1, 0.15) is 18.9 Å². The molecule has 136 valence electrons. The fourth-order valence-electron chi connectivity index (χ4n) is 2.58. The maximum absolute atomic E-state index is 12.4. The Labute approximate surface area is 165 Å². The molecule has 0 radical (unpaired) electrons. The van der Waals surface area contributed by atoms with Gasteiger partial charge in [0.25, 0.3) is 0 Å². The van der Waals surface area contributed by atoms with Gasteiger partial charge in [-0.05, 0) is 55.8 Å². The van der Waals surface area contributed by atoms with E-state index in [1.165, 1.54) is 10.5 Å². The third-order valence-electron chi connectivity index (χ3n) is 4.16. The van der Waals surface area contributed by atoms with Crippen LogP contribution in [-0.2, 0) is 10.5 Å². The van der Waals surface area contributed by atoms with Crippen molar-refractivity contribution in [1.29, 1.82) is 0 Å². The van der Waals surface area contributed by atoms with Gasteiger partial charge in [0.15, 0.2) is 0 Å². The van der Waals surface area contributed by atoms with Gasteiger partial charge in [-0.1, -0.05) is 6.07 Å². The Hall–Kier alpha value is -1.27. The quantitative estimate of drug-likeness (QED) is 0.741. The molecule has 2 N–H and O–H groups in total. The summed E-state index contributed by atoms with van der Waals surface area (Å²) < 4.78 is 0. The monoisotopic (exact) mass is 399 g/mol. The maximum atomic E-state index is 12.4. The first-order chi connectivity index (χ1) is 11.2. The molecule has 0 bridgehead atoms. The number of carbonyl (C=O) groups is 1.